The number of aromatic hydroxyl groups is 1. The largest absolute Gasteiger partial charge is 0.507 e. The molecule has 0 bridgehead atoms. The van der Waals surface area contributed by atoms with Crippen LogP contribution in [-0.2, 0) is 4.74 Å². The number of fused-ring (bicyclic) bond motifs is 1. The van der Waals surface area contributed by atoms with E-state index in [1.807, 2.05) is 43.3 Å². The SMILES string of the molecule is C/C(=N\NC(=S)NCCCN1CCOCC1)c1ccc2ccccc2c1O. The van der Waals surface area contributed by atoms with Gasteiger partial charge in [-0.15, -0.1) is 0 Å². The van der Waals surface area contributed by atoms with Gasteiger partial charge in [0.05, 0.1) is 18.9 Å². The van der Waals surface area contributed by atoms with Crippen LogP contribution in [-0.4, -0.2) is 60.2 Å². The number of hydrogen-bond donors (Lipinski definition) is 3. The van der Waals surface area contributed by atoms with Crippen LogP contribution in [0.5, 0.6) is 5.75 Å². The van der Waals surface area contributed by atoms with Crippen molar-refractivity contribution in [3.05, 3.63) is 42.0 Å². The summed E-state index contributed by atoms with van der Waals surface area (Å²) in [4.78, 5) is 2.40. The second kappa shape index (κ2) is 9.64. The zero-order valence-corrected chi connectivity index (χ0v) is 16.4. The van der Waals surface area contributed by atoms with Gasteiger partial charge in [0.25, 0.3) is 0 Å². The van der Waals surface area contributed by atoms with Crippen molar-refractivity contribution in [2.45, 2.75) is 13.3 Å². The van der Waals surface area contributed by atoms with Crippen LogP contribution in [0, 0.1) is 0 Å². The minimum atomic E-state index is 0.237. The zero-order valence-electron chi connectivity index (χ0n) is 15.6. The molecular weight excluding hydrogens is 360 g/mol. The third-order valence-corrected chi connectivity index (χ3v) is 4.89. The molecule has 0 aromatic heterocycles. The molecule has 1 saturated heterocycles. The number of phenolic OH excluding ortho intramolecular Hbond substituents is 1. The molecule has 1 aliphatic rings. The Bertz CT molecular complexity index is 819. The van der Waals surface area contributed by atoms with Gasteiger partial charge in [-0.25, -0.2) is 0 Å². The molecule has 0 spiro atoms. The fourth-order valence-corrected chi connectivity index (χ4v) is 3.26. The van der Waals surface area contributed by atoms with Crippen LogP contribution in [0.4, 0.5) is 0 Å². The van der Waals surface area contributed by atoms with Crippen molar-refractivity contribution in [2.24, 2.45) is 5.10 Å². The summed E-state index contributed by atoms with van der Waals surface area (Å²) in [5, 5.41) is 20.3. The maximum atomic E-state index is 10.5. The van der Waals surface area contributed by atoms with E-state index >= 15 is 0 Å². The van der Waals surface area contributed by atoms with E-state index in [2.05, 4.69) is 20.7 Å². The first-order valence-electron chi connectivity index (χ1n) is 9.24. The Morgan fingerprint density at radius 3 is 2.81 bits per heavy atom. The Kier molecular flexibility index (Phi) is 6.98. The van der Waals surface area contributed by atoms with Crippen LogP contribution in [0.2, 0.25) is 0 Å². The summed E-state index contributed by atoms with van der Waals surface area (Å²) < 4.78 is 5.35. The summed E-state index contributed by atoms with van der Waals surface area (Å²) in [5.74, 6) is 0.237. The van der Waals surface area contributed by atoms with Crippen molar-refractivity contribution in [1.29, 1.82) is 0 Å². The second-order valence-corrected chi connectivity index (χ2v) is 6.96. The highest BCUT2D eigenvalue weighted by Gasteiger charge is 2.10. The van der Waals surface area contributed by atoms with Gasteiger partial charge in [0.15, 0.2) is 5.11 Å². The third kappa shape index (κ3) is 5.38. The summed E-state index contributed by atoms with van der Waals surface area (Å²) in [6.07, 6.45) is 1.01. The first kappa shape index (κ1) is 19.5. The van der Waals surface area contributed by atoms with Crippen LogP contribution in [0.1, 0.15) is 18.9 Å². The zero-order chi connectivity index (χ0) is 19.1. The summed E-state index contributed by atoms with van der Waals surface area (Å²) >= 11 is 5.28. The predicted octanol–water partition coefficient (Wildman–Crippen LogP) is 2.46. The van der Waals surface area contributed by atoms with Crippen LogP contribution in [0.15, 0.2) is 41.5 Å². The van der Waals surface area contributed by atoms with Gasteiger partial charge in [-0.1, -0.05) is 30.3 Å². The Labute approximate surface area is 165 Å². The normalized spacial score (nSPS) is 15.7. The fourth-order valence-electron chi connectivity index (χ4n) is 3.11. The van der Waals surface area contributed by atoms with Gasteiger partial charge in [-0.3, -0.25) is 10.3 Å². The Hall–Kier alpha value is -2.22. The molecule has 1 heterocycles. The highest BCUT2D eigenvalue weighted by Crippen LogP contribution is 2.28. The molecule has 0 unspecified atom stereocenters. The molecule has 0 aliphatic carbocycles. The quantitative estimate of drug-likeness (QED) is 0.307. The minimum Gasteiger partial charge on any atom is -0.507 e. The van der Waals surface area contributed by atoms with E-state index in [-0.39, 0.29) is 5.75 Å². The first-order chi connectivity index (χ1) is 13.1. The van der Waals surface area contributed by atoms with E-state index in [0.29, 0.717) is 16.4 Å². The van der Waals surface area contributed by atoms with E-state index in [1.54, 1.807) is 0 Å². The number of nitrogens with one attached hydrogen (secondary N) is 2. The fraction of sp³-hybridized carbons (Fsp3) is 0.400. The molecule has 0 saturated carbocycles. The molecule has 3 N–H and O–H groups in total. The summed E-state index contributed by atoms with van der Waals surface area (Å²) in [6.45, 7) is 7.32. The number of phenols is 1. The highest BCUT2D eigenvalue weighted by molar-refractivity contribution is 7.80. The number of hydrogen-bond acceptors (Lipinski definition) is 5. The van der Waals surface area contributed by atoms with Crippen LogP contribution >= 0.6 is 12.2 Å². The molecule has 1 fully saturated rings. The standard InChI is InChI=1S/C20H26N4O2S/c1-15(17-8-7-16-5-2-3-6-18(16)19(17)25)22-23-20(27)21-9-4-10-24-11-13-26-14-12-24/h2-3,5-8,25H,4,9-14H2,1H3,(H2,21,23,27)/b22-15+. The average molecular weight is 387 g/mol. The monoisotopic (exact) mass is 386 g/mol. The Morgan fingerprint density at radius 1 is 1.22 bits per heavy atom. The molecule has 3 rings (SSSR count). The molecule has 2 aromatic carbocycles. The number of ether oxygens (including phenoxy) is 1. The second-order valence-electron chi connectivity index (χ2n) is 6.56. The van der Waals surface area contributed by atoms with Gasteiger partial charge < -0.3 is 15.2 Å². The molecule has 0 radical (unpaired) electrons. The summed E-state index contributed by atoms with van der Waals surface area (Å²) in [7, 11) is 0. The van der Waals surface area contributed by atoms with Crippen molar-refractivity contribution in [3.8, 4) is 5.75 Å². The van der Waals surface area contributed by atoms with Gasteiger partial charge in [0.1, 0.15) is 5.75 Å². The topological polar surface area (TPSA) is 69.1 Å². The lowest BCUT2D eigenvalue weighted by Gasteiger charge is -2.26. The number of rotatable bonds is 6. The number of hydrazone groups is 1. The van der Waals surface area contributed by atoms with Crippen molar-refractivity contribution in [3.63, 3.8) is 0 Å². The summed E-state index contributed by atoms with van der Waals surface area (Å²) in [6, 6.07) is 11.6. The van der Waals surface area contributed by atoms with Crippen molar-refractivity contribution >= 4 is 33.8 Å². The van der Waals surface area contributed by atoms with E-state index < -0.39 is 0 Å². The lowest BCUT2D eigenvalue weighted by Crippen LogP contribution is -2.39. The van der Waals surface area contributed by atoms with Gasteiger partial charge >= 0.3 is 0 Å². The van der Waals surface area contributed by atoms with Crippen LogP contribution < -0.4 is 10.7 Å². The van der Waals surface area contributed by atoms with E-state index in [0.717, 1.165) is 56.6 Å². The Balaban J connectivity index is 1.48. The molecule has 2 aromatic rings. The smallest absolute Gasteiger partial charge is 0.186 e. The van der Waals surface area contributed by atoms with E-state index in [4.69, 9.17) is 17.0 Å². The molecule has 6 nitrogen and oxygen atoms in total. The molecule has 1 aliphatic heterocycles. The molecule has 7 heteroatoms. The van der Waals surface area contributed by atoms with E-state index in [9.17, 15) is 5.11 Å². The molecule has 27 heavy (non-hydrogen) atoms. The van der Waals surface area contributed by atoms with Gasteiger partial charge in [0.2, 0.25) is 0 Å². The van der Waals surface area contributed by atoms with Crippen molar-refractivity contribution < 1.29 is 9.84 Å². The van der Waals surface area contributed by atoms with E-state index in [1.165, 1.54) is 0 Å². The molecule has 144 valence electrons. The lowest BCUT2D eigenvalue weighted by atomic mass is 10.0. The predicted molar refractivity (Wildman–Crippen MR) is 113 cm³/mol. The number of nitrogens with zero attached hydrogens (tertiary/aromatic N) is 2. The molecular formula is C20H26N4O2S. The number of thiocarbonyl (C=S) groups is 1. The number of benzene rings is 2. The van der Waals surface area contributed by atoms with Crippen LogP contribution in [0.25, 0.3) is 10.8 Å². The lowest BCUT2D eigenvalue weighted by molar-refractivity contribution is 0.0376. The first-order valence-corrected chi connectivity index (χ1v) is 9.65. The van der Waals surface area contributed by atoms with Crippen molar-refractivity contribution in [2.75, 3.05) is 39.4 Å². The number of morpholine rings is 1. The Morgan fingerprint density at radius 2 is 2.00 bits per heavy atom. The van der Waals surface area contributed by atoms with Gasteiger partial charge in [0, 0.05) is 30.6 Å². The van der Waals surface area contributed by atoms with Crippen LogP contribution in [0.3, 0.4) is 0 Å². The maximum Gasteiger partial charge on any atom is 0.186 e. The van der Waals surface area contributed by atoms with Gasteiger partial charge in [-0.2, -0.15) is 5.10 Å². The molecule has 0 amide bonds. The minimum absolute atomic E-state index is 0.237. The maximum absolute atomic E-state index is 10.5. The third-order valence-electron chi connectivity index (χ3n) is 4.66. The summed E-state index contributed by atoms with van der Waals surface area (Å²) in [5.41, 5.74) is 4.23. The van der Waals surface area contributed by atoms with Gasteiger partial charge in [-0.05, 0) is 43.6 Å². The average Bonchev–Trinajstić information content (AvgIpc) is 2.71. The van der Waals surface area contributed by atoms with Crippen molar-refractivity contribution in [1.82, 2.24) is 15.6 Å². The molecule has 0 atom stereocenters. The highest BCUT2D eigenvalue weighted by atomic mass is 32.1.